The monoisotopic (exact) mass is 316 g/mol. The van der Waals surface area contributed by atoms with Crippen molar-refractivity contribution < 1.29 is 18.0 Å². The van der Waals surface area contributed by atoms with Crippen LogP contribution in [-0.4, -0.2) is 17.2 Å². The molecule has 0 heterocycles. The van der Waals surface area contributed by atoms with Crippen LogP contribution in [0.1, 0.15) is 11.1 Å². The SMILES string of the molecule is O=C(CCl)Cc1cc(SC(F)(F)F)ccc1CCl. The average molecular weight is 317 g/mol. The predicted molar refractivity (Wildman–Crippen MR) is 67.3 cm³/mol. The number of alkyl halides is 5. The van der Waals surface area contributed by atoms with Crippen LogP contribution >= 0.6 is 35.0 Å². The minimum absolute atomic E-state index is 0.00217. The third kappa shape index (κ3) is 5.08. The molecule has 0 atom stereocenters. The number of thioether (sulfide) groups is 1. The fourth-order valence-corrected chi connectivity index (χ4v) is 2.31. The van der Waals surface area contributed by atoms with Gasteiger partial charge in [-0.25, -0.2) is 0 Å². The summed E-state index contributed by atoms with van der Waals surface area (Å²) in [4.78, 5) is 11.3. The summed E-state index contributed by atoms with van der Waals surface area (Å²) in [5.74, 6) is -0.280. The molecular weight excluding hydrogens is 308 g/mol. The largest absolute Gasteiger partial charge is 0.446 e. The van der Waals surface area contributed by atoms with Crippen molar-refractivity contribution in [2.75, 3.05) is 5.88 Å². The van der Waals surface area contributed by atoms with Gasteiger partial charge in [0.1, 0.15) is 0 Å². The quantitative estimate of drug-likeness (QED) is 0.592. The number of rotatable bonds is 5. The number of carbonyl (C=O) groups is 1. The molecule has 18 heavy (non-hydrogen) atoms. The zero-order valence-corrected chi connectivity index (χ0v) is 11.4. The van der Waals surface area contributed by atoms with Crippen LogP contribution < -0.4 is 0 Å². The number of hydrogen-bond acceptors (Lipinski definition) is 2. The van der Waals surface area contributed by atoms with Crippen molar-refractivity contribution in [2.45, 2.75) is 22.7 Å². The molecule has 0 spiro atoms. The Morgan fingerprint density at radius 2 is 1.89 bits per heavy atom. The maximum atomic E-state index is 12.2. The van der Waals surface area contributed by atoms with Gasteiger partial charge in [-0.05, 0) is 35.0 Å². The standard InChI is InChI=1S/C11H9Cl2F3OS/c12-5-7-1-2-10(18-11(14,15)16)4-8(7)3-9(17)6-13/h1-2,4H,3,5-6H2. The van der Waals surface area contributed by atoms with E-state index in [1.54, 1.807) is 0 Å². The van der Waals surface area contributed by atoms with E-state index in [0.717, 1.165) is 0 Å². The Balaban J connectivity index is 2.98. The molecule has 0 aromatic heterocycles. The van der Waals surface area contributed by atoms with Gasteiger partial charge in [-0.1, -0.05) is 6.07 Å². The molecule has 0 amide bonds. The second-order valence-electron chi connectivity index (χ2n) is 3.46. The Bertz CT molecular complexity index is 435. The van der Waals surface area contributed by atoms with Gasteiger partial charge < -0.3 is 0 Å². The molecule has 0 fully saturated rings. The fourth-order valence-electron chi connectivity index (χ4n) is 1.35. The summed E-state index contributed by atoms with van der Waals surface area (Å²) in [6.45, 7) is 0. The van der Waals surface area contributed by atoms with Gasteiger partial charge in [0.05, 0.1) is 5.88 Å². The van der Waals surface area contributed by atoms with E-state index in [0.29, 0.717) is 11.1 Å². The van der Waals surface area contributed by atoms with Crippen LogP contribution in [0.3, 0.4) is 0 Å². The van der Waals surface area contributed by atoms with Crippen LogP contribution in [0, 0.1) is 0 Å². The highest BCUT2D eigenvalue weighted by atomic mass is 35.5. The van der Waals surface area contributed by atoms with E-state index >= 15 is 0 Å². The van der Waals surface area contributed by atoms with E-state index in [1.807, 2.05) is 0 Å². The molecular formula is C11H9Cl2F3OS. The molecule has 1 rings (SSSR count). The lowest BCUT2D eigenvalue weighted by Gasteiger charge is -2.10. The van der Waals surface area contributed by atoms with Crippen molar-refractivity contribution in [3.63, 3.8) is 0 Å². The van der Waals surface area contributed by atoms with Gasteiger partial charge in [-0.15, -0.1) is 23.2 Å². The summed E-state index contributed by atoms with van der Waals surface area (Å²) in [6, 6.07) is 4.17. The number of hydrogen-bond donors (Lipinski definition) is 0. The second kappa shape index (κ2) is 6.68. The first-order chi connectivity index (χ1) is 8.35. The van der Waals surface area contributed by atoms with Crippen LogP contribution in [0.2, 0.25) is 0 Å². The Hall–Kier alpha value is -0.390. The van der Waals surface area contributed by atoms with Crippen molar-refractivity contribution >= 4 is 40.7 Å². The van der Waals surface area contributed by atoms with Crippen molar-refractivity contribution in [3.8, 4) is 0 Å². The molecule has 1 aromatic carbocycles. The van der Waals surface area contributed by atoms with E-state index < -0.39 is 5.51 Å². The Morgan fingerprint density at radius 1 is 1.22 bits per heavy atom. The summed E-state index contributed by atoms with van der Waals surface area (Å²) < 4.78 is 36.7. The molecule has 100 valence electrons. The van der Waals surface area contributed by atoms with E-state index in [1.165, 1.54) is 18.2 Å². The predicted octanol–water partition coefficient (Wildman–Crippen LogP) is 4.39. The van der Waals surface area contributed by atoms with Gasteiger partial charge in [0.25, 0.3) is 0 Å². The lowest BCUT2D eigenvalue weighted by atomic mass is 10.0. The van der Waals surface area contributed by atoms with E-state index in [9.17, 15) is 18.0 Å². The highest BCUT2D eigenvalue weighted by molar-refractivity contribution is 8.00. The van der Waals surface area contributed by atoms with E-state index in [2.05, 4.69) is 0 Å². The van der Waals surface area contributed by atoms with Crippen LogP contribution in [0.25, 0.3) is 0 Å². The maximum Gasteiger partial charge on any atom is 0.446 e. The van der Waals surface area contributed by atoms with Crippen molar-refractivity contribution in [2.24, 2.45) is 0 Å². The Morgan fingerprint density at radius 3 is 2.39 bits per heavy atom. The molecule has 0 saturated heterocycles. The lowest BCUT2D eigenvalue weighted by molar-refractivity contribution is -0.116. The van der Waals surface area contributed by atoms with Gasteiger partial charge in [0, 0.05) is 17.2 Å². The third-order valence-electron chi connectivity index (χ3n) is 2.09. The van der Waals surface area contributed by atoms with E-state index in [4.69, 9.17) is 23.2 Å². The first kappa shape index (κ1) is 15.7. The summed E-state index contributed by atoms with van der Waals surface area (Å²) in [6.07, 6.45) is -0.00217. The molecule has 0 aliphatic carbocycles. The van der Waals surface area contributed by atoms with Crippen LogP contribution in [0.4, 0.5) is 13.2 Å². The maximum absolute atomic E-state index is 12.2. The number of halogens is 5. The van der Waals surface area contributed by atoms with Gasteiger partial charge in [0.15, 0.2) is 5.78 Å². The molecule has 0 unspecified atom stereocenters. The van der Waals surface area contributed by atoms with Crippen LogP contribution in [0.5, 0.6) is 0 Å². The molecule has 0 N–H and O–H groups in total. The molecule has 0 radical (unpaired) electrons. The average Bonchev–Trinajstić information content (AvgIpc) is 2.27. The number of ketones is 1. The van der Waals surface area contributed by atoms with Gasteiger partial charge in [-0.2, -0.15) is 13.2 Å². The Kier molecular flexibility index (Phi) is 5.82. The minimum atomic E-state index is -4.35. The van der Waals surface area contributed by atoms with Gasteiger partial charge in [-0.3, -0.25) is 4.79 Å². The Labute approximate surface area is 117 Å². The first-order valence-electron chi connectivity index (χ1n) is 4.87. The minimum Gasteiger partial charge on any atom is -0.298 e. The zero-order valence-electron chi connectivity index (χ0n) is 9.06. The smallest absolute Gasteiger partial charge is 0.298 e. The van der Waals surface area contributed by atoms with Crippen molar-refractivity contribution in [3.05, 3.63) is 29.3 Å². The zero-order chi connectivity index (χ0) is 13.8. The molecule has 0 aliphatic rings. The molecule has 7 heteroatoms. The molecule has 1 nitrogen and oxygen atoms in total. The van der Waals surface area contributed by atoms with E-state index in [-0.39, 0.29) is 40.6 Å². The summed E-state index contributed by atoms with van der Waals surface area (Å²) in [5, 5.41) is 0. The molecule has 0 saturated carbocycles. The summed E-state index contributed by atoms with van der Waals surface area (Å²) in [5.41, 5.74) is -3.22. The van der Waals surface area contributed by atoms with Gasteiger partial charge >= 0.3 is 5.51 Å². The highest BCUT2D eigenvalue weighted by Crippen LogP contribution is 2.37. The van der Waals surface area contributed by atoms with Crippen molar-refractivity contribution in [1.82, 2.24) is 0 Å². The summed E-state index contributed by atoms with van der Waals surface area (Å²) in [7, 11) is 0. The van der Waals surface area contributed by atoms with Gasteiger partial charge in [0.2, 0.25) is 0 Å². The second-order valence-corrected chi connectivity index (χ2v) is 5.13. The number of carbonyl (C=O) groups excluding carboxylic acids is 1. The lowest BCUT2D eigenvalue weighted by Crippen LogP contribution is -2.06. The first-order valence-corrected chi connectivity index (χ1v) is 6.75. The van der Waals surface area contributed by atoms with Crippen LogP contribution in [0.15, 0.2) is 23.1 Å². The molecule has 1 aromatic rings. The third-order valence-corrected chi connectivity index (χ3v) is 3.40. The number of Topliss-reactive ketones (excluding diaryl/α,β-unsaturated/α-hetero) is 1. The molecule has 0 bridgehead atoms. The number of benzene rings is 1. The van der Waals surface area contributed by atoms with Crippen molar-refractivity contribution in [1.29, 1.82) is 0 Å². The molecule has 0 aliphatic heterocycles. The summed E-state index contributed by atoms with van der Waals surface area (Å²) >= 11 is 10.8. The highest BCUT2D eigenvalue weighted by Gasteiger charge is 2.29. The fraction of sp³-hybridized carbons (Fsp3) is 0.364. The topological polar surface area (TPSA) is 17.1 Å². The van der Waals surface area contributed by atoms with Crippen LogP contribution in [-0.2, 0) is 17.1 Å². The normalized spacial score (nSPS) is 11.6.